The molecule has 0 saturated heterocycles. The van der Waals surface area contributed by atoms with E-state index in [0.717, 1.165) is 5.56 Å². The van der Waals surface area contributed by atoms with E-state index in [0.29, 0.717) is 6.54 Å². The molecule has 0 aromatic heterocycles. The zero-order chi connectivity index (χ0) is 11.5. The molecule has 0 aliphatic heterocycles. The third-order valence-electron chi connectivity index (χ3n) is 1.77. The molecule has 0 amide bonds. The van der Waals surface area contributed by atoms with Gasteiger partial charge in [0, 0.05) is 12.4 Å². The Bertz CT molecular complexity index is 445. The number of hydrogen-bond acceptors (Lipinski definition) is 2. The molecule has 3 nitrogen and oxygen atoms in total. The Hall–Kier alpha value is -0.290. The first kappa shape index (κ1) is 12.8. The quantitative estimate of drug-likeness (QED) is 0.852. The maximum absolute atomic E-state index is 11.7. The lowest BCUT2D eigenvalue weighted by Crippen LogP contribution is -2.23. The number of sulfonamides is 1. The summed E-state index contributed by atoms with van der Waals surface area (Å²) >= 11 is 11.4. The molecule has 0 unspecified atom stereocenters. The van der Waals surface area contributed by atoms with E-state index >= 15 is 0 Å². The summed E-state index contributed by atoms with van der Waals surface area (Å²) in [4.78, 5) is 0.0733. The third-order valence-corrected chi connectivity index (χ3v) is 4.11. The van der Waals surface area contributed by atoms with Gasteiger partial charge in [0.2, 0.25) is 10.0 Å². The molecule has 0 aliphatic rings. The summed E-state index contributed by atoms with van der Waals surface area (Å²) in [6.07, 6.45) is 0. The van der Waals surface area contributed by atoms with Gasteiger partial charge in [0.1, 0.15) is 4.90 Å². The predicted octanol–water partition coefficient (Wildman–Crippen LogP) is 2.38. The van der Waals surface area contributed by atoms with Gasteiger partial charge in [-0.25, -0.2) is 13.1 Å². The third kappa shape index (κ3) is 3.08. The Balaban J connectivity index is 3.24. The Morgan fingerprint density at radius 2 is 2.07 bits per heavy atom. The summed E-state index contributed by atoms with van der Waals surface area (Å²) in [5.74, 6) is 0.256. The van der Waals surface area contributed by atoms with Crippen LogP contribution >= 0.6 is 23.2 Å². The van der Waals surface area contributed by atoms with E-state index in [2.05, 4.69) is 4.72 Å². The number of rotatable bonds is 4. The second-order valence-corrected chi connectivity index (χ2v) is 5.31. The zero-order valence-electron chi connectivity index (χ0n) is 8.13. The normalized spacial score (nSPS) is 11.7. The molecule has 0 aliphatic carbocycles. The molecule has 0 bridgehead atoms. The number of hydrogen-bond donors (Lipinski definition) is 1. The molecule has 0 spiro atoms. The topological polar surface area (TPSA) is 46.2 Å². The second kappa shape index (κ2) is 5.16. The van der Waals surface area contributed by atoms with Crippen molar-refractivity contribution < 1.29 is 8.42 Å². The molecule has 1 aromatic rings. The molecule has 84 valence electrons. The van der Waals surface area contributed by atoms with E-state index in [1.54, 1.807) is 13.0 Å². The summed E-state index contributed by atoms with van der Waals surface area (Å²) in [5.41, 5.74) is 0.720. The zero-order valence-corrected chi connectivity index (χ0v) is 10.5. The van der Waals surface area contributed by atoms with Crippen LogP contribution in [0.3, 0.4) is 0 Å². The first-order chi connectivity index (χ1) is 7.01. The molecule has 0 atom stereocenters. The smallest absolute Gasteiger partial charge is 0.211 e. The summed E-state index contributed by atoms with van der Waals surface area (Å²) in [5, 5.41) is 0.199. The van der Waals surface area contributed by atoms with E-state index in [1.165, 1.54) is 12.1 Å². The molecule has 0 radical (unpaired) electrons. The van der Waals surface area contributed by atoms with E-state index in [4.69, 9.17) is 23.2 Å². The van der Waals surface area contributed by atoms with Crippen LogP contribution in [0.4, 0.5) is 0 Å². The van der Waals surface area contributed by atoms with Crippen LogP contribution in [0, 0.1) is 0 Å². The minimum atomic E-state index is -3.51. The molecular formula is C9H11Cl2NO2S. The fraction of sp³-hybridized carbons (Fsp3) is 0.333. The van der Waals surface area contributed by atoms with Crippen LogP contribution in [-0.4, -0.2) is 15.0 Å². The lowest BCUT2D eigenvalue weighted by atomic mass is 10.2. The van der Waals surface area contributed by atoms with Crippen LogP contribution in [0.5, 0.6) is 0 Å². The molecule has 0 heterocycles. The van der Waals surface area contributed by atoms with Crippen molar-refractivity contribution in [3.63, 3.8) is 0 Å². The van der Waals surface area contributed by atoms with Crippen molar-refractivity contribution in [1.29, 1.82) is 0 Å². The molecule has 15 heavy (non-hydrogen) atoms. The molecular weight excluding hydrogens is 257 g/mol. The van der Waals surface area contributed by atoms with Gasteiger partial charge in [-0.1, -0.05) is 24.6 Å². The van der Waals surface area contributed by atoms with E-state index in [-0.39, 0.29) is 15.8 Å². The monoisotopic (exact) mass is 267 g/mol. The minimum absolute atomic E-state index is 0.0733. The van der Waals surface area contributed by atoms with Crippen molar-refractivity contribution in [3.05, 3.63) is 28.8 Å². The van der Waals surface area contributed by atoms with Crippen molar-refractivity contribution in [2.75, 3.05) is 6.54 Å². The highest BCUT2D eigenvalue weighted by atomic mass is 35.5. The van der Waals surface area contributed by atoms with Crippen LogP contribution in [-0.2, 0) is 15.9 Å². The van der Waals surface area contributed by atoms with Crippen molar-refractivity contribution in [1.82, 2.24) is 4.72 Å². The number of alkyl halides is 1. The van der Waals surface area contributed by atoms with Crippen LogP contribution in [0.15, 0.2) is 23.1 Å². The molecule has 1 aromatic carbocycles. The van der Waals surface area contributed by atoms with Crippen LogP contribution in [0.2, 0.25) is 5.02 Å². The molecule has 0 fully saturated rings. The van der Waals surface area contributed by atoms with Gasteiger partial charge < -0.3 is 0 Å². The Kier molecular flexibility index (Phi) is 4.40. The summed E-state index contributed by atoms with van der Waals surface area (Å²) in [7, 11) is -3.51. The maximum atomic E-state index is 11.7. The van der Waals surface area contributed by atoms with Crippen molar-refractivity contribution in [3.8, 4) is 0 Å². The van der Waals surface area contributed by atoms with Crippen LogP contribution in [0.1, 0.15) is 12.5 Å². The number of halogens is 2. The molecule has 1 N–H and O–H groups in total. The largest absolute Gasteiger partial charge is 0.242 e. The average Bonchev–Trinajstić information content (AvgIpc) is 2.18. The Morgan fingerprint density at radius 3 is 2.60 bits per heavy atom. The highest BCUT2D eigenvalue weighted by Gasteiger charge is 2.16. The SMILES string of the molecule is CCNS(=O)(=O)c1cc(CCl)ccc1Cl. The van der Waals surface area contributed by atoms with Gasteiger partial charge in [0.15, 0.2) is 0 Å². The van der Waals surface area contributed by atoms with Crippen molar-refractivity contribution >= 4 is 33.2 Å². The van der Waals surface area contributed by atoms with E-state index in [1.807, 2.05) is 0 Å². The van der Waals surface area contributed by atoms with Gasteiger partial charge in [0.05, 0.1) is 5.02 Å². The van der Waals surface area contributed by atoms with Gasteiger partial charge >= 0.3 is 0 Å². The standard InChI is InChI=1S/C9H11Cl2NO2S/c1-2-12-15(13,14)9-5-7(6-10)3-4-8(9)11/h3-5,12H,2,6H2,1H3. The summed E-state index contributed by atoms with van der Waals surface area (Å²) < 4.78 is 25.7. The lowest BCUT2D eigenvalue weighted by Gasteiger charge is -2.07. The second-order valence-electron chi connectivity index (χ2n) is 2.90. The molecule has 0 saturated carbocycles. The first-order valence-electron chi connectivity index (χ1n) is 4.35. The first-order valence-corrected chi connectivity index (χ1v) is 6.75. The van der Waals surface area contributed by atoms with Gasteiger partial charge in [-0.2, -0.15) is 0 Å². The van der Waals surface area contributed by atoms with Crippen LogP contribution < -0.4 is 4.72 Å². The number of benzene rings is 1. The van der Waals surface area contributed by atoms with Gasteiger partial charge in [-0.15, -0.1) is 11.6 Å². The van der Waals surface area contributed by atoms with Gasteiger partial charge in [0.25, 0.3) is 0 Å². The molecule has 6 heteroatoms. The van der Waals surface area contributed by atoms with E-state index < -0.39 is 10.0 Å². The van der Waals surface area contributed by atoms with Crippen LogP contribution in [0.25, 0.3) is 0 Å². The fourth-order valence-electron chi connectivity index (χ4n) is 1.10. The summed E-state index contributed by atoms with van der Waals surface area (Å²) in [6.45, 7) is 2.03. The fourth-order valence-corrected chi connectivity index (χ4v) is 2.86. The predicted molar refractivity (Wildman–Crippen MR) is 61.9 cm³/mol. The highest BCUT2D eigenvalue weighted by molar-refractivity contribution is 7.89. The summed E-state index contributed by atoms with van der Waals surface area (Å²) in [6, 6.07) is 4.71. The average molecular weight is 268 g/mol. The minimum Gasteiger partial charge on any atom is -0.211 e. The van der Waals surface area contributed by atoms with E-state index in [9.17, 15) is 8.42 Å². The van der Waals surface area contributed by atoms with Crippen molar-refractivity contribution in [2.24, 2.45) is 0 Å². The van der Waals surface area contributed by atoms with Gasteiger partial charge in [-0.05, 0) is 17.7 Å². The highest BCUT2D eigenvalue weighted by Crippen LogP contribution is 2.23. The Labute approximate surface area is 99.4 Å². The Morgan fingerprint density at radius 1 is 1.40 bits per heavy atom. The van der Waals surface area contributed by atoms with Crippen molar-refractivity contribution in [2.45, 2.75) is 17.7 Å². The van der Waals surface area contributed by atoms with Gasteiger partial charge in [-0.3, -0.25) is 0 Å². The lowest BCUT2D eigenvalue weighted by molar-refractivity contribution is 0.584. The maximum Gasteiger partial charge on any atom is 0.242 e. The molecule has 1 rings (SSSR count). The number of nitrogens with one attached hydrogen (secondary N) is 1.